The summed E-state index contributed by atoms with van der Waals surface area (Å²) in [6.07, 6.45) is 1.58. The molecule has 2 atom stereocenters. The predicted octanol–water partition coefficient (Wildman–Crippen LogP) is 2.65. The molecular weight excluding hydrogens is 434 g/mol. The number of rotatable bonds is 3. The molecule has 8 heteroatoms. The van der Waals surface area contributed by atoms with Crippen molar-refractivity contribution in [3.63, 3.8) is 0 Å². The van der Waals surface area contributed by atoms with Crippen LogP contribution in [0.25, 0.3) is 0 Å². The molecule has 172 valence electrons. The van der Waals surface area contributed by atoms with Crippen molar-refractivity contribution in [3.8, 4) is 0 Å². The van der Waals surface area contributed by atoms with Gasteiger partial charge in [0.2, 0.25) is 11.8 Å². The Bertz CT molecular complexity index is 1360. The van der Waals surface area contributed by atoms with Crippen molar-refractivity contribution in [1.82, 2.24) is 0 Å². The number of allylic oxidation sites excluding steroid dienone is 1. The van der Waals surface area contributed by atoms with Gasteiger partial charge in [0.15, 0.2) is 0 Å². The van der Waals surface area contributed by atoms with Crippen molar-refractivity contribution >= 4 is 29.2 Å². The number of aliphatic imine (C=N–C) groups is 1. The molecule has 3 aliphatic heterocycles. The number of benzene rings is 2. The van der Waals surface area contributed by atoms with Crippen LogP contribution in [0.3, 0.4) is 0 Å². The number of aryl methyl sites for hydroxylation is 1. The third kappa shape index (κ3) is 2.91. The van der Waals surface area contributed by atoms with Crippen LogP contribution in [0.4, 0.5) is 5.69 Å². The fraction of sp³-hybridized carbons (Fsp3) is 0.231. The van der Waals surface area contributed by atoms with Gasteiger partial charge in [0.1, 0.15) is 22.7 Å². The molecule has 0 fully saturated rings. The molecule has 2 amide bonds. The number of amides is 2. The molecule has 0 aliphatic carbocycles. The Morgan fingerprint density at radius 3 is 2.68 bits per heavy atom. The molecule has 1 spiro atoms. The minimum absolute atomic E-state index is 0.184. The standard InChI is InChI=1S/C26H23N3O5/c1-14-7-6-8-16(11-14)13-29-18-10-5-4-9-17(18)26(25(29)32)20-19(12-15(2)28-23(20)30)34-22(27)21(26)24(31)33-3/h4-12,20H,13,27H2,1-3H3. The summed E-state index contributed by atoms with van der Waals surface area (Å²) in [5, 5.41) is 0. The Labute approximate surface area is 196 Å². The number of hydrogen-bond acceptors (Lipinski definition) is 6. The molecule has 0 radical (unpaired) electrons. The topological polar surface area (TPSA) is 111 Å². The number of ether oxygens (including phenoxy) is 2. The number of methoxy groups -OCH3 is 1. The summed E-state index contributed by atoms with van der Waals surface area (Å²) in [6, 6.07) is 14.9. The van der Waals surface area contributed by atoms with Crippen LogP contribution in [0, 0.1) is 12.8 Å². The number of carbonyl (C=O) groups is 3. The van der Waals surface area contributed by atoms with E-state index < -0.39 is 29.1 Å². The van der Waals surface area contributed by atoms with Crippen molar-refractivity contribution in [2.45, 2.75) is 25.8 Å². The molecule has 3 heterocycles. The summed E-state index contributed by atoms with van der Waals surface area (Å²) < 4.78 is 10.8. The zero-order valence-corrected chi connectivity index (χ0v) is 19.0. The van der Waals surface area contributed by atoms with E-state index in [9.17, 15) is 14.4 Å². The Balaban J connectivity index is 1.79. The largest absolute Gasteiger partial charge is 0.465 e. The maximum Gasteiger partial charge on any atom is 0.340 e. The Hall–Kier alpha value is -4.20. The van der Waals surface area contributed by atoms with E-state index in [1.807, 2.05) is 31.2 Å². The lowest BCUT2D eigenvalue weighted by atomic mass is 9.63. The minimum atomic E-state index is -1.76. The summed E-state index contributed by atoms with van der Waals surface area (Å²) in [4.78, 5) is 46.5. The van der Waals surface area contributed by atoms with Crippen LogP contribution in [-0.4, -0.2) is 30.6 Å². The summed E-state index contributed by atoms with van der Waals surface area (Å²) in [6.45, 7) is 3.87. The van der Waals surface area contributed by atoms with Gasteiger partial charge in [-0.25, -0.2) is 9.79 Å². The van der Waals surface area contributed by atoms with E-state index >= 15 is 0 Å². The predicted molar refractivity (Wildman–Crippen MR) is 124 cm³/mol. The van der Waals surface area contributed by atoms with E-state index in [1.54, 1.807) is 42.2 Å². The number of fused-ring (bicyclic) bond motifs is 4. The first-order chi connectivity index (χ1) is 16.3. The van der Waals surface area contributed by atoms with E-state index in [2.05, 4.69) is 4.99 Å². The van der Waals surface area contributed by atoms with E-state index in [0.717, 1.165) is 11.1 Å². The molecule has 0 saturated carbocycles. The van der Waals surface area contributed by atoms with Gasteiger partial charge in [0.25, 0.3) is 5.91 Å². The van der Waals surface area contributed by atoms with Crippen LogP contribution in [0.2, 0.25) is 0 Å². The zero-order valence-electron chi connectivity index (χ0n) is 19.0. The molecular formula is C26H23N3O5. The van der Waals surface area contributed by atoms with E-state index in [4.69, 9.17) is 15.2 Å². The van der Waals surface area contributed by atoms with E-state index in [-0.39, 0.29) is 23.8 Å². The number of nitrogens with zero attached hydrogens (tertiary/aromatic N) is 2. The Morgan fingerprint density at radius 1 is 1.18 bits per heavy atom. The van der Waals surface area contributed by atoms with Crippen molar-refractivity contribution in [2.24, 2.45) is 16.6 Å². The van der Waals surface area contributed by atoms with Crippen LogP contribution >= 0.6 is 0 Å². The smallest absolute Gasteiger partial charge is 0.340 e. The number of dihydropyridines is 1. The first kappa shape index (κ1) is 21.6. The highest BCUT2D eigenvalue weighted by molar-refractivity contribution is 6.20. The molecule has 2 N–H and O–H groups in total. The van der Waals surface area contributed by atoms with Gasteiger partial charge in [-0.3, -0.25) is 9.59 Å². The second-order valence-electron chi connectivity index (χ2n) is 8.61. The number of anilines is 1. The van der Waals surface area contributed by atoms with Gasteiger partial charge in [-0.05, 0) is 37.1 Å². The van der Waals surface area contributed by atoms with E-state index in [1.165, 1.54) is 7.11 Å². The highest BCUT2D eigenvalue weighted by atomic mass is 16.5. The highest BCUT2D eigenvalue weighted by Crippen LogP contribution is 2.57. The van der Waals surface area contributed by atoms with Crippen molar-refractivity contribution in [3.05, 3.63) is 88.5 Å². The lowest BCUT2D eigenvalue weighted by Crippen LogP contribution is -2.55. The number of nitrogens with two attached hydrogens (primary N) is 1. The third-order valence-electron chi connectivity index (χ3n) is 6.49. The molecule has 2 aromatic carbocycles. The van der Waals surface area contributed by atoms with Gasteiger partial charge in [-0.1, -0.05) is 48.0 Å². The molecule has 2 unspecified atom stereocenters. The molecule has 8 nitrogen and oxygen atoms in total. The fourth-order valence-corrected chi connectivity index (χ4v) is 5.20. The Kier molecular flexibility index (Phi) is 4.89. The van der Waals surface area contributed by atoms with Gasteiger partial charge in [-0.2, -0.15) is 0 Å². The lowest BCUT2D eigenvalue weighted by Gasteiger charge is -2.41. The molecule has 0 aromatic heterocycles. The summed E-state index contributed by atoms with van der Waals surface area (Å²) in [7, 11) is 1.20. The summed E-state index contributed by atoms with van der Waals surface area (Å²) >= 11 is 0. The minimum Gasteiger partial charge on any atom is -0.465 e. The number of esters is 1. The molecule has 0 bridgehead atoms. The fourth-order valence-electron chi connectivity index (χ4n) is 5.20. The lowest BCUT2D eigenvalue weighted by molar-refractivity contribution is -0.142. The second kappa shape index (κ2) is 7.69. The maximum atomic E-state index is 14.4. The van der Waals surface area contributed by atoms with E-state index in [0.29, 0.717) is 17.0 Å². The third-order valence-corrected chi connectivity index (χ3v) is 6.49. The van der Waals surface area contributed by atoms with Crippen molar-refractivity contribution in [1.29, 1.82) is 0 Å². The van der Waals surface area contributed by atoms with Gasteiger partial charge < -0.3 is 20.1 Å². The monoisotopic (exact) mass is 457 g/mol. The first-order valence-electron chi connectivity index (χ1n) is 10.8. The Morgan fingerprint density at radius 2 is 1.94 bits per heavy atom. The molecule has 5 rings (SSSR count). The van der Waals surface area contributed by atoms with Gasteiger partial charge in [-0.15, -0.1) is 0 Å². The molecule has 3 aliphatic rings. The number of para-hydroxylation sites is 1. The van der Waals surface area contributed by atoms with Gasteiger partial charge >= 0.3 is 5.97 Å². The number of carbonyl (C=O) groups excluding carboxylic acids is 3. The maximum absolute atomic E-state index is 14.4. The van der Waals surface area contributed by atoms with Crippen LogP contribution in [0.5, 0.6) is 0 Å². The zero-order chi connectivity index (χ0) is 24.2. The van der Waals surface area contributed by atoms with Crippen LogP contribution in [-0.2, 0) is 35.8 Å². The molecule has 2 aromatic rings. The van der Waals surface area contributed by atoms with Crippen LogP contribution < -0.4 is 10.6 Å². The average molecular weight is 457 g/mol. The first-order valence-corrected chi connectivity index (χ1v) is 10.8. The second-order valence-corrected chi connectivity index (χ2v) is 8.61. The molecule has 0 saturated heterocycles. The highest BCUT2D eigenvalue weighted by Gasteiger charge is 2.66. The van der Waals surface area contributed by atoms with Crippen molar-refractivity contribution < 1.29 is 23.9 Å². The summed E-state index contributed by atoms with van der Waals surface area (Å²) in [5.74, 6) is -3.14. The quantitative estimate of drug-likeness (QED) is 0.710. The van der Waals surface area contributed by atoms with Gasteiger partial charge in [0, 0.05) is 11.4 Å². The number of hydrogen-bond donors (Lipinski definition) is 1. The van der Waals surface area contributed by atoms with Gasteiger partial charge in [0.05, 0.1) is 13.7 Å². The van der Waals surface area contributed by atoms with Crippen LogP contribution in [0.1, 0.15) is 23.6 Å². The summed E-state index contributed by atoms with van der Waals surface area (Å²) in [5.41, 5.74) is 7.74. The van der Waals surface area contributed by atoms with Crippen LogP contribution in [0.15, 0.2) is 76.8 Å². The van der Waals surface area contributed by atoms with Crippen molar-refractivity contribution in [2.75, 3.05) is 12.0 Å². The normalized spacial score (nSPS) is 23.3. The SMILES string of the molecule is COC(=O)C1=C(N)OC2=CC(C)=NC(=O)C2C12C(=O)N(Cc1cccc(C)c1)c1ccccc12. The molecule has 34 heavy (non-hydrogen) atoms. The average Bonchev–Trinajstić information content (AvgIpc) is 3.02.